The Morgan fingerprint density at radius 3 is 2.52 bits per heavy atom. The zero-order chi connectivity index (χ0) is 32.2. The summed E-state index contributed by atoms with van der Waals surface area (Å²) in [5.41, 5.74) is 6.52. The van der Waals surface area contributed by atoms with Gasteiger partial charge < -0.3 is 24.2 Å². The molecule has 1 N–H and O–H groups in total. The molecule has 2 aliphatic heterocycles. The summed E-state index contributed by atoms with van der Waals surface area (Å²) in [4.78, 5) is 24.0. The average Bonchev–Trinajstić information content (AvgIpc) is 3.56. The van der Waals surface area contributed by atoms with Crippen LogP contribution in [0.25, 0.3) is 33.3 Å². The van der Waals surface area contributed by atoms with Gasteiger partial charge in [-0.15, -0.1) is 0 Å². The van der Waals surface area contributed by atoms with E-state index in [0.29, 0.717) is 23.9 Å². The van der Waals surface area contributed by atoms with Crippen LogP contribution in [0, 0.1) is 19.3 Å². The van der Waals surface area contributed by atoms with Crippen LogP contribution in [0.3, 0.4) is 0 Å². The maximum atomic E-state index is 11.4. The number of hydrogen-bond acceptors (Lipinski definition) is 7. The number of hydrogen-bond donors (Lipinski definition) is 1. The second-order valence-electron chi connectivity index (χ2n) is 12.9. The Labute approximate surface area is 272 Å². The fourth-order valence-corrected chi connectivity index (χ4v) is 7.63. The van der Waals surface area contributed by atoms with Gasteiger partial charge in [-0.05, 0) is 81.8 Å². The van der Waals surface area contributed by atoms with Crippen molar-refractivity contribution < 1.29 is 28.9 Å². The minimum absolute atomic E-state index is 0.0300. The van der Waals surface area contributed by atoms with Gasteiger partial charge in [0.1, 0.15) is 24.7 Å². The Kier molecular flexibility index (Phi) is 7.92. The van der Waals surface area contributed by atoms with E-state index in [-0.39, 0.29) is 36.9 Å². The summed E-state index contributed by atoms with van der Waals surface area (Å²) in [7, 11) is 0. The van der Waals surface area contributed by atoms with Crippen LogP contribution in [0.4, 0.5) is 4.79 Å². The molecule has 3 aliphatic rings. The van der Waals surface area contributed by atoms with Gasteiger partial charge in [0.15, 0.2) is 6.23 Å². The van der Waals surface area contributed by atoms with Crippen LogP contribution in [0.15, 0.2) is 36.5 Å². The number of esters is 1. The number of amides is 1. The van der Waals surface area contributed by atoms with Crippen LogP contribution in [-0.2, 0) is 14.3 Å². The number of aromatic nitrogens is 4. The molecule has 1 aliphatic carbocycles. The van der Waals surface area contributed by atoms with E-state index in [9.17, 15) is 14.7 Å². The number of rotatable bonds is 8. The molecule has 12 heteroatoms. The van der Waals surface area contributed by atoms with E-state index in [1.54, 1.807) is 0 Å². The molecule has 1 atom stereocenters. The number of halogens is 1. The van der Waals surface area contributed by atoms with E-state index in [2.05, 4.69) is 17.7 Å². The van der Waals surface area contributed by atoms with Gasteiger partial charge in [-0.25, -0.2) is 9.48 Å². The SMILES string of the molecule is CC(=O)OCCOc1ccc(-c2nn(C3CC4(C3)CN(C(=O)O)C4)c(C)c2-c2c(Cl)c(C)cc3c2cnn3C2CCCCO2)cc1. The number of ether oxygens (including phenoxy) is 3. The lowest BCUT2D eigenvalue weighted by Crippen LogP contribution is -2.63. The van der Waals surface area contributed by atoms with Gasteiger partial charge >= 0.3 is 12.1 Å². The first kappa shape index (κ1) is 30.6. The molecule has 11 nitrogen and oxygen atoms in total. The predicted octanol–water partition coefficient (Wildman–Crippen LogP) is 6.79. The number of fused-ring (bicyclic) bond motifs is 1. The van der Waals surface area contributed by atoms with Crippen molar-refractivity contribution in [2.75, 3.05) is 32.9 Å². The summed E-state index contributed by atoms with van der Waals surface area (Å²) >= 11 is 7.19. The van der Waals surface area contributed by atoms with Crippen molar-refractivity contribution in [2.24, 2.45) is 5.41 Å². The van der Waals surface area contributed by atoms with Crippen molar-refractivity contribution in [3.05, 3.63) is 52.8 Å². The molecule has 0 radical (unpaired) electrons. The molecule has 0 bridgehead atoms. The third-order valence-corrected chi connectivity index (χ3v) is 10.1. The monoisotopic (exact) mass is 647 g/mol. The minimum atomic E-state index is -0.856. The standard InChI is InChI=1S/C34H38ClN5O6/c1-20-14-27-26(17-36-40(27)28-6-4-5-11-46-28)30(31(20)35)29-21(2)39(24-15-34(16-24)18-38(19-34)33(42)43)37-32(29)23-7-9-25(10-8-23)45-13-12-44-22(3)41/h7-10,14,17,24,28H,4-6,11-13,15-16,18-19H2,1-3H3,(H,42,43). The number of aryl methyl sites for hydroxylation is 1. The smallest absolute Gasteiger partial charge is 0.407 e. The summed E-state index contributed by atoms with van der Waals surface area (Å²) in [6.07, 6.45) is 5.73. The van der Waals surface area contributed by atoms with Gasteiger partial charge in [0.2, 0.25) is 0 Å². The van der Waals surface area contributed by atoms with Crippen LogP contribution >= 0.6 is 11.6 Å². The Balaban J connectivity index is 1.28. The zero-order valence-corrected chi connectivity index (χ0v) is 27.0. The molecular formula is C34H38ClN5O6. The molecule has 4 aromatic rings. The molecule has 4 heterocycles. The van der Waals surface area contributed by atoms with Crippen molar-refractivity contribution >= 4 is 34.6 Å². The van der Waals surface area contributed by atoms with E-state index in [0.717, 1.165) is 83.3 Å². The quantitative estimate of drug-likeness (QED) is 0.164. The van der Waals surface area contributed by atoms with Gasteiger partial charge in [-0.2, -0.15) is 10.2 Å². The van der Waals surface area contributed by atoms with Gasteiger partial charge in [0.25, 0.3) is 0 Å². The van der Waals surface area contributed by atoms with E-state index in [1.807, 2.05) is 42.1 Å². The zero-order valence-electron chi connectivity index (χ0n) is 26.3. The number of benzene rings is 2. The molecule has 242 valence electrons. The second-order valence-corrected chi connectivity index (χ2v) is 13.3. The molecular weight excluding hydrogens is 610 g/mol. The van der Waals surface area contributed by atoms with Gasteiger partial charge in [-0.1, -0.05) is 11.6 Å². The van der Waals surface area contributed by atoms with Crippen LogP contribution in [0.1, 0.15) is 62.6 Å². The topological polar surface area (TPSA) is 121 Å². The number of carboxylic acid groups (broad SMARTS) is 1. The normalized spacial score (nSPS) is 19.2. The third-order valence-electron chi connectivity index (χ3n) is 9.64. The molecule has 2 saturated heterocycles. The first-order valence-corrected chi connectivity index (χ1v) is 16.2. The highest BCUT2D eigenvalue weighted by atomic mass is 35.5. The highest BCUT2D eigenvalue weighted by Gasteiger charge is 2.55. The summed E-state index contributed by atoms with van der Waals surface area (Å²) in [6, 6.07) is 9.99. The van der Waals surface area contributed by atoms with Crippen molar-refractivity contribution in [3.63, 3.8) is 0 Å². The fraction of sp³-hybridized carbons (Fsp3) is 0.471. The molecule has 2 aromatic carbocycles. The maximum Gasteiger partial charge on any atom is 0.407 e. The minimum Gasteiger partial charge on any atom is -0.490 e. The summed E-state index contributed by atoms with van der Waals surface area (Å²) < 4.78 is 21.0. The van der Waals surface area contributed by atoms with Crippen LogP contribution < -0.4 is 4.74 Å². The molecule has 2 aromatic heterocycles. The van der Waals surface area contributed by atoms with Crippen LogP contribution in [0.5, 0.6) is 5.75 Å². The number of likely N-dealkylation sites (tertiary alicyclic amines) is 1. The largest absolute Gasteiger partial charge is 0.490 e. The van der Waals surface area contributed by atoms with Gasteiger partial charge in [0.05, 0.1) is 22.8 Å². The molecule has 3 fully saturated rings. The fourth-order valence-electron chi connectivity index (χ4n) is 7.38. The van der Waals surface area contributed by atoms with E-state index in [1.165, 1.54) is 11.8 Å². The summed E-state index contributed by atoms with van der Waals surface area (Å²) in [5, 5.41) is 21.0. The predicted molar refractivity (Wildman–Crippen MR) is 172 cm³/mol. The van der Waals surface area contributed by atoms with Crippen molar-refractivity contribution in [3.8, 4) is 28.1 Å². The highest BCUT2D eigenvalue weighted by molar-refractivity contribution is 6.36. The Morgan fingerprint density at radius 1 is 1.09 bits per heavy atom. The lowest BCUT2D eigenvalue weighted by atomic mass is 9.61. The van der Waals surface area contributed by atoms with Crippen LogP contribution in [0.2, 0.25) is 5.02 Å². The van der Waals surface area contributed by atoms with Crippen LogP contribution in [-0.4, -0.2) is 74.5 Å². The van der Waals surface area contributed by atoms with E-state index < -0.39 is 6.09 Å². The van der Waals surface area contributed by atoms with Gasteiger partial charge in [-0.3, -0.25) is 9.48 Å². The van der Waals surface area contributed by atoms with Crippen molar-refractivity contribution in [1.82, 2.24) is 24.5 Å². The molecule has 7 rings (SSSR count). The molecule has 1 amide bonds. The Hall–Kier alpha value is -4.09. The molecule has 1 spiro atoms. The number of nitrogens with zero attached hydrogens (tertiary/aromatic N) is 5. The lowest BCUT2D eigenvalue weighted by Gasteiger charge is -2.58. The van der Waals surface area contributed by atoms with E-state index >= 15 is 0 Å². The van der Waals surface area contributed by atoms with Crippen molar-refractivity contribution in [1.29, 1.82) is 0 Å². The average molecular weight is 648 g/mol. The van der Waals surface area contributed by atoms with Crippen molar-refractivity contribution in [2.45, 2.75) is 65.1 Å². The molecule has 46 heavy (non-hydrogen) atoms. The first-order valence-electron chi connectivity index (χ1n) is 15.9. The Bertz CT molecular complexity index is 1790. The molecule has 1 unspecified atom stereocenters. The van der Waals surface area contributed by atoms with Gasteiger partial charge in [0, 0.05) is 59.8 Å². The maximum absolute atomic E-state index is 11.4. The number of carbonyl (C=O) groups excluding carboxylic acids is 1. The summed E-state index contributed by atoms with van der Waals surface area (Å²) in [5.74, 6) is 0.319. The molecule has 1 saturated carbocycles. The lowest BCUT2D eigenvalue weighted by molar-refractivity contribution is -0.141. The number of carbonyl (C=O) groups is 2. The summed E-state index contributed by atoms with van der Waals surface area (Å²) in [6.45, 7) is 7.79. The van der Waals surface area contributed by atoms with E-state index in [4.69, 9.17) is 36.0 Å². The first-order chi connectivity index (χ1) is 22.1. The highest BCUT2D eigenvalue weighted by Crippen LogP contribution is 2.55. The Morgan fingerprint density at radius 2 is 1.85 bits per heavy atom. The second kappa shape index (κ2) is 11.9. The third kappa shape index (κ3) is 5.39.